The summed E-state index contributed by atoms with van der Waals surface area (Å²) in [5.41, 5.74) is 3.81. The van der Waals surface area contributed by atoms with Crippen molar-refractivity contribution < 1.29 is 14.3 Å². The second-order valence-corrected chi connectivity index (χ2v) is 9.92. The van der Waals surface area contributed by atoms with Gasteiger partial charge >= 0.3 is 5.97 Å². The van der Waals surface area contributed by atoms with Crippen LogP contribution in [0.3, 0.4) is 0 Å². The van der Waals surface area contributed by atoms with Crippen molar-refractivity contribution in [2.75, 3.05) is 0 Å². The molecule has 0 spiro atoms. The van der Waals surface area contributed by atoms with Crippen LogP contribution in [0.25, 0.3) is 0 Å². The van der Waals surface area contributed by atoms with Gasteiger partial charge in [0.05, 0.1) is 15.6 Å². The molecule has 0 amide bonds. The van der Waals surface area contributed by atoms with Gasteiger partial charge in [-0.05, 0) is 36.0 Å². The molecule has 166 valence electrons. The van der Waals surface area contributed by atoms with Crippen LogP contribution < -0.4 is 5.32 Å². The number of hydrogen-bond donors (Lipinski definition) is 1. The fourth-order valence-electron chi connectivity index (χ4n) is 4.56. The highest BCUT2D eigenvalue weighted by molar-refractivity contribution is 6.42. The quantitative estimate of drug-likeness (QED) is 0.530. The van der Waals surface area contributed by atoms with E-state index < -0.39 is 11.9 Å². The van der Waals surface area contributed by atoms with E-state index in [1.807, 2.05) is 43.3 Å². The molecule has 1 unspecified atom stereocenters. The van der Waals surface area contributed by atoms with Crippen molar-refractivity contribution in [3.05, 3.63) is 92.2 Å². The van der Waals surface area contributed by atoms with E-state index >= 15 is 0 Å². The Morgan fingerprint density at radius 1 is 1.09 bits per heavy atom. The third kappa shape index (κ3) is 4.35. The average molecular weight is 470 g/mol. The number of halogens is 2. The lowest BCUT2D eigenvalue weighted by Crippen LogP contribution is -2.38. The molecule has 1 N–H and O–H groups in total. The number of esters is 1. The molecule has 0 aromatic heterocycles. The Kier molecular flexibility index (Phi) is 6.19. The summed E-state index contributed by atoms with van der Waals surface area (Å²) in [6, 6.07) is 14.8. The highest BCUT2D eigenvalue weighted by Crippen LogP contribution is 2.48. The highest BCUT2D eigenvalue weighted by atomic mass is 35.5. The number of carbonyl (C=O) groups excluding carboxylic acids is 2. The standard InChI is InChI=1S/C26H25Cl2NO3/c1-15-21(25(31)32-14-16-8-5-4-6-9-16)22(17-10-7-11-18(27)24(17)28)23-19(29-15)12-26(2,3)13-20(23)30/h4-11,22,29H,12-14H2,1-3H3. The van der Waals surface area contributed by atoms with Crippen molar-refractivity contribution in [1.82, 2.24) is 5.32 Å². The lowest BCUT2D eigenvalue weighted by Gasteiger charge is -2.39. The van der Waals surface area contributed by atoms with E-state index in [2.05, 4.69) is 19.2 Å². The van der Waals surface area contributed by atoms with Crippen molar-refractivity contribution in [2.45, 2.75) is 46.1 Å². The fraction of sp³-hybridized carbons (Fsp3) is 0.308. The molecule has 0 radical (unpaired) electrons. The minimum atomic E-state index is -0.635. The maximum Gasteiger partial charge on any atom is 0.337 e. The van der Waals surface area contributed by atoms with E-state index in [9.17, 15) is 9.59 Å². The molecule has 2 aliphatic rings. The van der Waals surface area contributed by atoms with E-state index in [1.165, 1.54) is 0 Å². The van der Waals surface area contributed by atoms with Crippen LogP contribution in [0.15, 0.2) is 71.1 Å². The number of ether oxygens (including phenoxy) is 1. The van der Waals surface area contributed by atoms with Crippen LogP contribution in [0.2, 0.25) is 10.0 Å². The molecule has 2 aromatic carbocycles. The number of ketones is 1. The summed E-state index contributed by atoms with van der Waals surface area (Å²) in [4.78, 5) is 26.7. The maximum absolute atomic E-state index is 13.3. The number of allylic oxidation sites excluding steroid dienone is 3. The molecule has 4 nitrogen and oxygen atoms in total. The van der Waals surface area contributed by atoms with Gasteiger partial charge in [0.1, 0.15) is 6.61 Å². The lowest BCUT2D eigenvalue weighted by atomic mass is 9.68. The molecule has 4 rings (SSSR count). The van der Waals surface area contributed by atoms with Gasteiger partial charge in [0.2, 0.25) is 0 Å². The van der Waals surface area contributed by atoms with Gasteiger partial charge in [-0.15, -0.1) is 0 Å². The Labute approximate surface area is 198 Å². The Morgan fingerprint density at radius 3 is 2.53 bits per heavy atom. The largest absolute Gasteiger partial charge is 0.457 e. The van der Waals surface area contributed by atoms with Crippen LogP contribution in [-0.2, 0) is 20.9 Å². The molecule has 0 saturated heterocycles. The summed E-state index contributed by atoms with van der Waals surface area (Å²) in [5, 5.41) is 4.05. The number of dihydropyridines is 1. The van der Waals surface area contributed by atoms with Gasteiger partial charge in [-0.25, -0.2) is 4.79 Å². The molecule has 1 atom stereocenters. The van der Waals surface area contributed by atoms with Gasteiger partial charge in [0.15, 0.2) is 5.78 Å². The SMILES string of the molecule is CC1=C(C(=O)OCc2ccccc2)C(c2cccc(Cl)c2Cl)C2=C(CC(C)(C)CC2=O)N1. The van der Waals surface area contributed by atoms with Crippen LogP contribution in [-0.4, -0.2) is 11.8 Å². The minimum absolute atomic E-state index is 0.00523. The first-order valence-corrected chi connectivity index (χ1v) is 11.3. The monoisotopic (exact) mass is 469 g/mol. The molecule has 0 fully saturated rings. The molecule has 2 aromatic rings. The Balaban J connectivity index is 1.78. The first-order valence-electron chi connectivity index (χ1n) is 10.6. The Hall–Kier alpha value is -2.56. The zero-order chi connectivity index (χ0) is 23.0. The van der Waals surface area contributed by atoms with Gasteiger partial charge < -0.3 is 10.1 Å². The van der Waals surface area contributed by atoms with Crippen molar-refractivity contribution in [3.63, 3.8) is 0 Å². The Bertz CT molecular complexity index is 1150. The predicted octanol–water partition coefficient (Wildman–Crippen LogP) is 6.34. The van der Waals surface area contributed by atoms with E-state index in [-0.39, 0.29) is 17.8 Å². The smallest absolute Gasteiger partial charge is 0.337 e. The van der Waals surface area contributed by atoms with Gasteiger partial charge in [-0.1, -0.05) is 79.5 Å². The van der Waals surface area contributed by atoms with Crippen LogP contribution >= 0.6 is 23.2 Å². The third-order valence-corrected chi connectivity index (χ3v) is 6.80. The summed E-state index contributed by atoms with van der Waals surface area (Å²) in [7, 11) is 0. The summed E-state index contributed by atoms with van der Waals surface area (Å²) < 4.78 is 5.67. The summed E-state index contributed by atoms with van der Waals surface area (Å²) in [6.07, 6.45) is 1.10. The van der Waals surface area contributed by atoms with Crippen LogP contribution in [0.1, 0.15) is 50.7 Å². The second-order valence-electron chi connectivity index (χ2n) is 9.13. The lowest BCUT2D eigenvalue weighted by molar-refractivity contribution is -0.140. The molecular formula is C26H25Cl2NO3. The van der Waals surface area contributed by atoms with E-state index in [1.54, 1.807) is 12.1 Å². The third-order valence-electron chi connectivity index (χ3n) is 5.96. The fourth-order valence-corrected chi connectivity index (χ4v) is 4.98. The van der Waals surface area contributed by atoms with Gasteiger partial charge in [0, 0.05) is 29.3 Å². The molecular weight excluding hydrogens is 445 g/mol. The molecule has 1 aliphatic carbocycles. The highest BCUT2D eigenvalue weighted by Gasteiger charge is 2.43. The average Bonchev–Trinajstić information content (AvgIpc) is 2.73. The number of Topliss-reactive ketones (excluding diaryl/α,β-unsaturated/α-hetero) is 1. The van der Waals surface area contributed by atoms with E-state index in [0.717, 1.165) is 11.3 Å². The first-order chi connectivity index (χ1) is 15.2. The number of carbonyl (C=O) groups is 2. The van der Waals surface area contributed by atoms with Crippen molar-refractivity contribution in [2.24, 2.45) is 5.41 Å². The first kappa shape index (κ1) is 22.6. The maximum atomic E-state index is 13.3. The summed E-state index contributed by atoms with van der Waals surface area (Å²) >= 11 is 12.9. The van der Waals surface area contributed by atoms with Gasteiger partial charge in [0.25, 0.3) is 0 Å². The molecule has 0 bridgehead atoms. The predicted molar refractivity (Wildman–Crippen MR) is 126 cm³/mol. The second kappa shape index (κ2) is 8.76. The molecule has 32 heavy (non-hydrogen) atoms. The van der Waals surface area contributed by atoms with Crippen LogP contribution in [0.5, 0.6) is 0 Å². The molecule has 1 aliphatic heterocycles. The summed E-state index contributed by atoms with van der Waals surface area (Å²) in [6.45, 7) is 6.11. The molecule has 0 saturated carbocycles. The molecule has 6 heteroatoms. The van der Waals surface area contributed by atoms with Gasteiger partial charge in [-0.2, -0.15) is 0 Å². The van der Waals surface area contributed by atoms with E-state index in [0.29, 0.717) is 45.3 Å². The minimum Gasteiger partial charge on any atom is -0.457 e. The number of nitrogens with one attached hydrogen (secondary N) is 1. The van der Waals surface area contributed by atoms with Gasteiger partial charge in [-0.3, -0.25) is 4.79 Å². The zero-order valence-corrected chi connectivity index (χ0v) is 19.8. The number of benzene rings is 2. The van der Waals surface area contributed by atoms with Crippen LogP contribution in [0, 0.1) is 5.41 Å². The molecule has 1 heterocycles. The van der Waals surface area contributed by atoms with Crippen LogP contribution in [0.4, 0.5) is 0 Å². The normalized spacial score (nSPS) is 20.0. The van der Waals surface area contributed by atoms with Crippen molar-refractivity contribution >= 4 is 35.0 Å². The zero-order valence-electron chi connectivity index (χ0n) is 18.3. The van der Waals surface area contributed by atoms with E-state index in [4.69, 9.17) is 27.9 Å². The van der Waals surface area contributed by atoms with Crippen molar-refractivity contribution in [3.8, 4) is 0 Å². The topological polar surface area (TPSA) is 55.4 Å². The summed E-state index contributed by atoms with van der Waals surface area (Å²) in [5.74, 6) is -1.11. The van der Waals surface area contributed by atoms with Crippen molar-refractivity contribution in [1.29, 1.82) is 0 Å². The number of hydrogen-bond acceptors (Lipinski definition) is 4. The number of rotatable bonds is 4. The Morgan fingerprint density at radius 2 is 1.81 bits per heavy atom.